The number of aliphatic imine (C=N–C) groups is 1. The number of benzene rings is 2. The smallest absolute Gasteiger partial charge is 0.436 e. The number of ether oxygens (including phenoxy) is 5. The van der Waals surface area contributed by atoms with E-state index in [4.69, 9.17) is 34.3 Å². The zero-order valence-electron chi connectivity index (χ0n) is 45.2. The van der Waals surface area contributed by atoms with Gasteiger partial charge in [-0.25, -0.2) is 28.7 Å². The molecule has 5 aromatic rings. The number of ketones is 1. The lowest BCUT2D eigenvalue weighted by atomic mass is 9.89. The number of nitrogens with two attached hydrogens (primary N) is 1. The van der Waals surface area contributed by atoms with Gasteiger partial charge in [-0.15, -0.1) is 23.1 Å². The highest BCUT2D eigenvalue weighted by Gasteiger charge is 2.55. The number of aromatic nitrogens is 3. The molecule has 1 saturated heterocycles. The van der Waals surface area contributed by atoms with Crippen molar-refractivity contribution in [1.82, 2.24) is 14.5 Å². The summed E-state index contributed by atoms with van der Waals surface area (Å²) in [6.07, 6.45) is 3.95. The molecule has 1 fully saturated rings. The largest absolute Gasteiger partial charge is 0.497 e. The van der Waals surface area contributed by atoms with Gasteiger partial charge in [0.15, 0.2) is 35.6 Å². The molecule has 3 amide bonds. The Labute approximate surface area is 455 Å². The second-order valence-electron chi connectivity index (χ2n) is 21.8. The Morgan fingerprint density at radius 2 is 1.52 bits per heavy atom. The third-order valence-corrected chi connectivity index (χ3v) is 13.7. The fourth-order valence-electron chi connectivity index (χ4n) is 7.91. The topological polar surface area (TPSA) is 246 Å². The molecule has 0 aliphatic carbocycles. The number of amidine groups is 1. The number of carbonyl (C=O) groups is 6. The first-order chi connectivity index (χ1) is 36.1. The van der Waals surface area contributed by atoms with Crippen molar-refractivity contribution in [2.45, 2.75) is 130 Å². The number of rotatable bonds is 17. The Bertz CT molecular complexity index is 3160. The normalized spacial score (nSPS) is 16.3. The Balaban J connectivity index is 1.12. The van der Waals surface area contributed by atoms with E-state index in [1.165, 1.54) is 35.9 Å². The van der Waals surface area contributed by atoms with E-state index in [9.17, 15) is 28.8 Å². The lowest BCUT2D eigenvalue weighted by Crippen LogP contribution is -2.62. The molecule has 5 heterocycles. The molecule has 2 aliphatic rings. The van der Waals surface area contributed by atoms with E-state index < -0.39 is 69.5 Å². The molecule has 0 spiro atoms. The predicted octanol–water partition coefficient (Wildman–Crippen LogP) is 8.46. The molecule has 20 nitrogen and oxygen atoms in total. The van der Waals surface area contributed by atoms with E-state index in [-0.39, 0.29) is 47.6 Å². The highest BCUT2D eigenvalue weighted by Crippen LogP contribution is 2.46. The molecule has 2 atom stereocenters. The molecule has 3 N–H and O–H groups in total. The summed E-state index contributed by atoms with van der Waals surface area (Å²) in [5.74, 6) is -2.46. The average Bonchev–Trinajstić information content (AvgIpc) is 4.02. The van der Waals surface area contributed by atoms with E-state index in [0.29, 0.717) is 34.7 Å². The fraction of sp³-hybridized carbons (Fsp3) is 0.418. The number of methoxy groups -OCH3 is 1. The van der Waals surface area contributed by atoms with E-state index >= 15 is 0 Å². The first kappa shape index (κ1) is 57.1. The minimum absolute atomic E-state index is 0.0174. The molecule has 0 radical (unpaired) electrons. The highest BCUT2D eigenvalue weighted by atomic mass is 32.2. The Morgan fingerprint density at radius 3 is 2.17 bits per heavy atom. The van der Waals surface area contributed by atoms with Gasteiger partial charge in [-0.2, -0.15) is 4.99 Å². The molecule has 0 unspecified atom stereocenters. The van der Waals surface area contributed by atoms with Crippen LogP contribution in [0.15, 0.2) is 106 Å². The fourth-order valence-corrected chi connectivity index (χ4v) is 9.99. The molecule has 2 aromatic carbocycles. The minimum Gasteiger partial charge on any atom is -0.497 e. The molecule has 22 heteroatoms. The van der Waals surface area contributed by atoms with Crippen LogP contribution in [0.3, 0.4) is 0 Å². The maximum absolute atomic E-state index is 14.5. The number of amides is 3. The number of thiazole rings is 1. The molecule has 7 rings (SSSR count). The van der Waals surface area contributed by atoms with Crippen LogP contribution in [0.25, 0.3) is 10.9 Å². The molecular formula is C55H65N8O12S2+. The molecule has 0 bridgehead atoms. The molecule has 3 aromatic heterocycles. The Kier molecular flexibility index (Phi) is 17.0. The monoisotopic (exact) mass is 1090 g/mol. The van der Waals surface area contributed by atoms with Gasteiger partial charge >= 0.3 is 24.1 Å². The molecular weight excluding hydrogens is 1030 g/mol. The number of hydrogen-bond acceptors (Lipinski definition) is 16. The first-order valence-electron chi connectivity index (χ1n) is 24.7. The SMILES string of the molecule is COc1ccc(COC(=O)C2=C(C[n+]3ccc4c(ccn4Cc4ccc(C(N)=NC(=O)OC(C)(C)C)cc4)c3)CS[C@@H]3[C@H](CC(=O)/C(=N\OC(C)(C)C(=O)OC(C)(C)C)c4csc(NC(=O)OC(C)(C)C)n4)C(=O)N23)cc1. The summed E-state index contributed by atoms with van der Waals surface area (Å²) in [6, 6.07) is 18.4. The number of oxime groups is 1. The van der Waals surface area contributed by atoms with Crippen LogP contribution >= 0.6 is 23.1 Å². The zero-order valence-corrected chi connectivity index (χ0v) is 46.9. The highest BCUT2D eigenvalue weighted by molar-refractivity contribution is 8.00. The van der Waals surface area contributed by atoms with Crippen molar-refractivity contribution >= 4 is 86.5 Å². The van der Waals surface area contributed by atoms with Crippen molar-refractivity contribution in [2.24, 2.45) is 21.8 Å². The number of carbonyl (C=O) groups excluding carboxylic acids is 6. The van der Waals surface area contributed by atoms with Gasteiger partial charge in [-0.05, 0) is 105 Å². The number of esters is 2. The number of Topliss-reactive ketones (excluding diaryl/α,β-unsaturated/α-hetero) is 1. The third kappa shape index (κ3) is 14.9. The van der Waals surface area contributed by atoms with Crippen molar-refractivity contribution < 1.29 is 61.9 Å². The minimum atomic E-state index is -1.66. The van der Waals surface area contributed by atoms with Crippen LogP contribution in [-0.2, 0) is 62.7 Å². The predicted molar refractivity (Wildman–Crippen MR) is 290 cm³/mol. The van der Waals surface area contributed by atoms with Crippen LogP contribution in [0, 0.1) is 5.92 Å². The van der Waals surface area contributed by atoms with Gasteiger partial charge in [0, 0.05) is 47.5 Å². The van der Waals surface area contributed by atoms with Crippen molar-refractivity contribution in [2.75, 3.05) is 18.2 Å². The second kappa shape index (κ2) is 22.9. The van der Waals surface area contributed by atoms with Crippen LogP contribution in [0.4, 0.5) is 14.7 Å². The molecule has 0 saturated carbocycles. The van der Waals surface area contributed by atoms with E-state index in [1.54, 1.807) is 106 Å². The quantitative estimate of drug-likeness (QED) is 0.0169. The summed E-state index contributed by atoms with van der Waals surface area (Å²) < 4.78 is 31.4. The summed E-state index contributed by atoms with van der Waals surface area (Å²) >= 11 is 2.41. The lowest BCUT2D eigenvalue weighted by Gasteiger charge is -2.49. The summed E-state index contributed by atoms with van der Waals surface area (Å²) in [4.78, 5) is 96.6. The number of pyridine rings is 1. The van der Waals surface area contributed by atoms with Crippen LogP contribution < -0.4 is 20.4 Å². The van der Waals surface area contributed by atoms with Gasteiger partial charge in [-0.1, -0.05) is 41.6 Å². The van der Waals surface area contributed by atoms with Gasteiger partial charge in [0.05, 0.1) is 29.3 Å². The Hall–Kier alpha value is -7.59. The number of nitrogens with zero attached hydrogens (tertiary/aromatic N) is 6. The van der Waals surface area contributed by atoms with Gasteiger partial charge in [0.1, 0.15) is 46.4 Å². The number of nitrogens with one attached hydrogen (secondary N) is 1. The second-order valence-corrected chi connectivity index (χ2v) is 23.8. The number of hydrogen-bond donors (Lipinski definition) is 2. The molecule has 77 heavy (non-hydrogen) atoms. The summed E-state index contributed by atoms with van der Waals surface area (Å²) in [5.41, 5.74) is 5.76. The first-order valence-corrected chi connectivity index (χ1v) is 26.6. The van der Waals surface area contributed by atoms with Crippen LogP contribution in [0.5, 0.6) is 5.75 Å². The van der Waals surface area contributed by atoms with Crippen molar-refractivity contribution in [3.05, 3.63) is 118 Å². The van der Waals surface area contributed by atoms with Gasteiger partial charge in [-0.3, -0.25) is 19.8 Å². The number of anilines is 1. The van der Waals surface area contributed by atoms with E-state index in [1.807, 2.05) is 47.4 Å². The van der Waals surface area contributed by atoms with E-state index in [0.717, 1.165) is 27.8 Å². The van der Waals surface area contributed by atoms with Gasteiger partial charge in [0.2, 0.25) is 11.5 Å². The summed E-state index contributed by atoms with van der Waals surface area (Å²) in [7, 11) is 1.56. The molecule has 2 aliphatic heterocycles. The standard InChI is InChI=1S/C55H64N8O12S2/c1-52(2,3)72-48(67)55(10,11)75-60-42(39-31-77-49(57-39)59-51(69)74-54(7,8)9)41(64)25-38-45(65)63-43(47(66)71-29-33-15-19-37(70-12)20-16-33)36(30-76-46(38)63)28-61-23-22-40-35(27-61)21-24-62(40)26-32-13-17-34(18-14-32)44(56)58-50(68)73-53(4,5)6/h13-24,27,31,38,46H,25-26,28-30H2,1-12H3,(H2-,56,57,58,59,68,69)/p+1/b60-42-/t38-,46-/m1/s1. The van der Waals surface area contributed by atoms with E-state index in [2.05, 4.69) is 25.0 Å². The van der Waals surface area contributed by atoms with Crippen molar-refractivity contribution in [3.8, 4) is 5.75 Å². The maximum atomic E-state index is 14.5. The third-order valence-electron chi connectivity index (χ3n) is 11.5. The Morgan fingerprint density at radius 1 is 0.857 bits per heavy atom. The zero-order chi connectivity index (χ0) is 56.2. The van der Waals surface area contributed by atoms with Crippen LogP contribution in [0.2, 0.25) is 0 Å². The van der Waals surface area contributed by atoms with Crippen molar-refractivity contribution in [3.63, 3.8) is 0 Å². The number of fused-ring (bicyclic) bond motifs is 2. The molecule has 408 valence electrons. The lowest BCUT2D eigenvalue weighted by molar-refractivity contribution is -0.687. The summed E-state index contributed by atoms with van der Waals surface area (Å²) in [6.45, 7) is 19.1. The van der Waals surface area contributed by atoms with Crippen LogP contribution in [-0.4, -0.2) is 102 Å². The van der Waals surface area contributed by atoms with Gasteiger partial charge in [0.25, 0.3) is 0 Å². The van der Waals surface area contributed by atoms with Crippen LogP contribution in [0.1, 0.15) is 105 Å². The van der Waals surface area contributed by atoms with Gasteiger partial charge < -0.3 is 38.8 Å². The average molecular weight is 1090 g/mol. The number of thioether (sulfide) groups is 1. The maximum Gasteiger partial charge on any atom is 0.436 e. The summed E-state index contributed by atoms with van der Waals surface area (Å²) in [5, 5.41) is 8.59. The van der Waals surface area contributed by atoms with Crippen molar-refractivity contribution in [1.29, 1.82) is 0 Å². The number of β-lactam (4-membered cyclic amide) rings is 1.